The number of nitrogens with one attached hydrogen (secondary N) is 1. The fraction of sp³-hybridized carbons (Fsp3) is 0.250. The van der Waals surface area contributed by atoms with Gasteiger partial charge in [-0.1, -0.05) is 11.6 Å². The van der Waals surface area contributed by atoms with E-state index in [9.17, 15) is 4.39 Å². The van der Waals surface area contributed by atoms with Crippen LogP contribution in [0.1, 0.15) is 12.6 Å². The first-order valence-corrected chi connectivity index (χ1v) is 5.78. The summed E-state index contributed by atoms with van der Waals surface area (Å²) in [6, 6.07) is 6.58. The monoisotopic (exact) mass is 253 g/mol. The molecule has 3 nitrogen and oxygen atoms in total. The molecule has 2 rings (SSSR count). The molecule has 17 heavy (non-hydrogen) atoms. The second-order valence-corrected chi connectivity index (χ2v) is 4.05. The van der Waals surface area contributed by atoms with E-state index in [4.69, 9.17) is 11.6 Å². The smallest absolute Gasteiger partial charge is 0.143 e. The lowest BCUT2D eigenvalue weighted by Gasteiger charge is -2.05. The van der Waals surface area contributed by atoms with Crippen molar-refractivity contribution in [2.75, 3.05) is 5.32 Å². The molecular formula is C12H13ClFN3. The highest BCUT2D eigenvalue weighted by Gasteiger charge is 2.02. The number of aromatic nitrogens is 2. The van der Waals surface area contributed by atoms with Gasteiger partial charge in [0.1, 0.15) is 5.82 Å². The third-order valence-electron chi connectivity index (χ3n) is 2.41. The Hall–Kier alpha value is -1.55. The van der Waals surface area contributed by atoms with Crippen molar-refractivity contribution in [1.29, 1.82) is 0 Å². The van der Waals surface area contributed by atoms with Crippen LogP contribution in [0.25, 0.3) is 0 Å². The average molecular weight is 254 g/mol. The highest BCUT2D eigenvalue weighted by molar-refractivity contribution is 6.30. The first-order valence-electron chi connectivity index (χ1n) is 5.40. The average Bonchev–Trinajstić information content (AvgIpc) is 2.79. The lowest BCUT2D eigenvalue weighted by molar-refractivity contribution is 0.628. The van der Waals surface area contributed by atoms with Crippen LogP contribution in [0.5, 0.6) is 0 Å². The van der Waals surface area contributed by atoms with Crippen LogP contribution < -0.4 is 5.32 Å². The predicted molar refractivity (Wildman–Crippen MR) is 66.6 cm³/mol. The summed E-state index contributed by atoms with van der Waals surface area (Å²) in [6.07, 6.45) is 1.92. The molecule has 0 aliphatic carbocycles. The Morgan fingerprint density at radius 3 is 2.88 bits per heavy atom. The van der Waals surface area contributed by atoms with Crippen LogP contribution in [0.4, 0.5) is 10.1 Å². The molecule has 0 saturated carbocycles. The SMILES string of the molecule is CCn1ccc(CNc2ccc(Cl)c(F)c2)n1. The zero-order chi connectivity index (χ0) is 12.3. The Labute approximate surface area is 104 Å². The largest absolute Gasteiger partial charge is 0.379 e. The first kappa shape index (κ1) is 11.9. The van der Waals surface area contributed by atoms with E-state index >= 15 is 0 Å². The summed E-state index contributed by atoms with van der Waals surface area (Å²) in [6.45, 7) is 3.43. The number of aryl methyl sites for hydroxylation is 1. The number of hydrogen-bond donors (Lipinski definition) is 1. The summed E-state index contributed by atoms with van der Waals surface area (Å²) in [5.74, 6) is -0.421. The lowest BCUT2D eigenvalue weighted by Crippen LogP contribution is -2.02. The molecule has 1 N–H and O–H groups in total. The van der Waals surface area contributed by atoms with Crippen molar-refractivity contribution in [2.45, 2.75) is 20.0 Å². The van der Waals surface area contributed by atoms with Gasteiger partial charge in [-0.05, 0) is 31.2 Å². The van der Waals surface area contributed by atoms with E-state index in [1.807, 2.05) is 23.9 Å². The van der Waals surface area contributed by atoms with Crippen molar-refractivity contribution in [1.82, 2.24) is 9.78 Å². The van der Waals surface area contributed by atoms with E-state index in [2.05, 4.69) is 10.4 Å². The third-order valence-corrected chi connectivity index (χ3v) is 2.72. The summed E-state index contributed by atoms with van der Waals surface area (Å²) >= 11 is 5.60. The second kappa shape index (κ2) is 5.19. The van der Waals surface area contributed by atoms with Gasteiger partial charge in [0.2, 0.25) is 0 Å². The van der Waals surface area contributed by atoms with E-state index in [-0.39, 0.29) is 5.02 Å². The summed E-state index contributed by atoms with van der Waals surface area (Å²) in [5.41, 5.74) is 1.61. The number of nitrogens with zero attached hydrogens (tertiary/aromatic N) is 2. The van der Waals surface area contributed by atoms with Gasteiger partial charge in [0.25, 0.3) is 0 Å². The summed E-state index contributed by atoms with van der Waals surface area (Å²) < 4.78 is 15.0. The van der Waals surface area contributed by atoms with Gasteiger partial charge in [0.05, 0.1) is 17.3 Å². The van der Waals surface area contributed by atoms with Crippen LogP contribution >= 0.6 is 11.6 Å². The van der Waals surface area contributed by atoms with Crippen molar-refractivity contribution in [3.63, 3.8) is 0 Å². The van der Waals surface area contributed by atoms with Crippen molar-refractivity contribution in [2.24, 2.45) is 0 Å². The van der Waals surface area contributed by atoms with Crippen LogP contribution in [-0.4, -0.2) is 9.78 Å². The Bertz CT molecular complexity index is 510. The summed E-state index contributed by atoms with van der Waals surface area (Å²) in [7, 11) is 0. The molecule has 0 bridgehead atoms. The van der Waals surface area contributed by atoms with E-state index in [1.54, 1.807) is 6.07 Å². The molecule has 0 amide bonds. The predicted octanol–water partition coefficient (Wildman–Crippen LogP) is 3.31. The molecule has 1 aromatic heterocycles. The van der Waals surface area contributed by atoms with Gasteiger partial charge in [-0.2, -0.15) is 5.10 Å². The molecule has 0 saturated heterocycles. The molecule has 0 unspecified atom stereocenters. The first-order chi connectivity index (χ1) is 8.19. The zero-order valence-electron chi connectivity index (χ0n) is 9.45. The van der Waals surface area contributed by atoms with Gasteiger partial charge in [0.15, 0.2) is 0 Å². The van der Waals surface area contributed by atoms with Crippen LogP contribution in [0.15, 0.2) is 30.5 Å². The maximum atomic E-state index is 13.2. The maximum Gasteiger partial charge on any atom is 0.143 e. The normalized spacial score (nSPS) is 10.5. The van der Waals surface area contributed by atoms with Gasteiger partial charge in [0, 0.05) is 18.4 Å². The minimum Gasteiger partial charge on any atom is -0.379 e. The number of benzene rings is 1. The molecule has 90 valence electrons. The Morgan fingerprint density at radius 1 is 1.41 bits per heavy atom. The summed E-state index contributed by atoms with van der Waals surface area (Å²) in [4.78, 5) is 0. The number of anilines is 1. The minimum atomic E-state index is -0.421. The van der Waals surface area contributed by atoms with Crippen molar-refractivity contribution in [3.8, 4) is 0 Å². The molecule has 0 aliphatic heterocycles. The topological polar surface area (TPSA) is 29.9 Å². The fourth-order valence-corrected chi connectivity index (χ4v) is 1.59. The van der Waals surface area contributed by atoms with Gasteiger partial charge >= 0.3 is 0 Å². The van der Waals surface area contributed by atoms with Crippen molar-refractivity contribution in [3.05, 3.63) is 47.0 Å². The Balaban J connectivity index is 1.99. The van der Waals surface area contributed by atoms with Crippen molar-refractivity contribution < 1.29 is 4.39 Å². The molecule has 0 aliphatic rings. The fourth-order valence-electron chi connectivity index (χ4n) is 1.47. The summed E-state index contributed by atoms with van der Waals surface area (Å²) in [5, 5.41) is 7.54. The number of halogens is 2. The molecule has 1 aromatic carbocycles. The van der Waals surface area contributed by atoms with Crippen LogP contribution in [0, 0.1) is 5.82 Å². The van der Waals surface area contributed by atoms with Crippen molar-refractivity contribution >= 4 is 17.3 Å². The van der Waals surface area contributed by atoms with E-state index in [0.717, 1.165) is 12.2 Å². The quantitative estimate of drug-likeness (QED) is 0.906. The van der Waals surface area contributed by atoms with Gasteiger partial charge in [-0.25, -0.2) is 4.39 Å². The van der Waals surface area contributed by atoms with Gasteiger partial charge in [-0.15, -0.1) is 0 Å². The zero-order valence-corrected chi connectivity index (χ0v) is 10.2. The molecule has 0 atom stereocenters. The van der Waals surface area contributed by atoms with E-state index < -0.39 is 5.82 Å². The molecule has 1 heterocycles. The van der Waals surface area contributed by atoms with Crippen LogP contribution in [-0.2, 0) is 13.1 Å². The Morgan fingerprint density at radius 2 is 2.24 bits per heavy atom. The molecule has 0 spiro atoms. The van der Waals surface area contributed by atoms with Gasteiger partial charge in [-0.3, -0.25) is 4.68 Å². The molecular weight excluding hydrogens is 241 g/mol. The molecule has 0 fully saturated rings. The molecule has 5 heteroatoms. The van der Waals surface area contributed by atoms with E-state index in [1.165, 1.54) is 12.1 Å². The van der Waals surface area contributed by atoms with Crippen LogP contribution in [0.2, 0.25) is 5.02 Å². The van der Waals surface area contributed by atoms with Gasteiger partial charge < -0.3 is 5.32 Å². The minimum absolute atomic E-state index is 0.130. The standard InChI is InChI=1S/C12H13ClFN3/c1-2-17-6-5-10(16-17)8-15-9-3-4-11(13)12(14)7-9/h3-7,15H,2,8H2,1H3. The lowest BCUT2D eigenvalue weighted by atomic mass is 10.3. The molecule has 0 radical (unpaired) electrons. The number of rotatable bonds is 4. The third kappa shape index (κ3) is 2.97. The number of hydrogen-bond acceptors (Lipinski definition) is 2. The van der Waals surface area contributed by atoms with E-state index in [0.29, 0.717) is 12.2 Å². The highest BCUT2D eigenvalue weighted by Crippen LogP contribution is 2.18. The second-order valence-electron chi connectivity index (χ2n) is 3.65. The molecule has 2 aromatic rings. The Kier molecular flexibility index (Phi) is 3.64. The highest BCUT2D eigenvalue weighted by atomic mass is 35.5. The van der Waals surface area contributed by atoms with Crippen LogP contribution in [0.3, 0.4) is 0 Å². The maximum absolute atomic E-state index is 13.2.